The summed E-state index contributed by atoms with van der Waals surface area (Å²) in [5, 5.41) is 1.22. The Hall–Kier alpha value is -1.32. The number of furan rings is 1. The van der Waals surface area contributed by atoms with Gasteiger partial charge in [0.15, 0.2) is 0 Å². The Morgan fingerprint density at radius 2 is 2.00 bits per heavy atom. The van der Waals surface area contributed by atoms with Crippen molar-refractivity contribution in [2.45, 2.75) is 46.3 Å². The Morgan fingerprint density at radius 1 is 1.24 bits per heavy atom. The van der Waals surface area contributed by atoms with Gasteiger partial charge in [-0.3, -0.25) is 4.90 Å². The van der Waals surface area contributed by atoms with Crippen molar-refractivity contribution in [3.63, 3.8) is 0 Å². The maximum absolute atomic E-state index is 5.93. The minimum atomic E-state index is 0.470. The third kappa shape index (κ3) is 2.72. The van der Waals surface area contributed by atoms with Crippen LogP contribution < -0.4 is 5.73 Å². The number of hydrogen-bond acceptors (Lipinski definition) is 3. The van der Waals surface area contributed by atoms with E-state index in [-0.39, 0.29) is 0 Å². The normalized spacial score (nSPS) is 27.3. The molecule has 0 saturated carbocycles. The van der Waals surface area contributed by atoms with Gasteiger partial charge in [0, 0.05) is 30.1 Å². The summed E-state index contributed by atoms with van der Waals surface area (Å²) in [6.07, 6.45) is 1.33. The Bertz CT molecular complexity index is 619. The third-order valence-electron chi connectivity index (χ3n) is 5.05. The minimum Gasteiger partial charge on any atom is -0.459 e. The van der Waals surface area contributed by atoms with Gasteiger partial charge in [-0.25, -0.2) is 0 Å². The molecule has 1 aromatic carbocycles. The summed E-state index contributed by atoms with van der Waals surface area (Å²) in [4.78, 5) is 2.59. The van der Waals surface area contributed by atoms with Crippen molar-refractivity contribution in [2.24, 2.45) is 17.6 Å². The van der Waals surface area contributed by atoms with E-state index in [4.69, 9.17) is 10.2 Å². The molecule has 1 fully saturated rings. The molecule has 0 radical (unpaired) electrons. The molecule has 2 heterocycles. The van der Waals surface area contributed by atoms with Gasteiger partial charge >= 0.3 is 0 Å². The van der Waals surface area contributed by atoms with Crippen molar-refractivity contribution in [3.8, 4) is 0 Å². The number of nitrogens with two attached hydrogens (primary N) is 1. The van der Waals surface area contributed by atoms with Gasteiger partial charge in [-0.05, 0) is 31.2 Å². The summed E-state index contributed by atoms with van der Waals surface area (Å²) in [5.41, 5.74) is 8.13. The molecule has 3 nitrogen and oxygen atoms in total. The fraction of sp³-hybridized carbons (Fsp3) is 0.556. The van der Waals surface area contributed by atoms with E-state index in [0.29, 0.717) is 12.6 Å². The van der Waals surface area contributed by atoms with Crippen molar-refractivity contribution >= 4 is 11.0 Å². The highest BCUT2D eigenvalue weighted by atomic mass is 16.3. The maximum Gasteiger partial charge on any atom is 0.134 e. The van der Waals surface area contributed by atoms with Gasteiger partial charge < -0.3 is 10.2 Å². The Labute approximate surface area is 127 Å². The number of benzene rings is 1. The molecule has 1 aliphatic rings. The molecular formula is C18H26N2O. The number of rotatable bonds is 3. The van der Waals surface area contributed by atoms with Gasteiger partial charge in [-0.2, -0.15) is 0 Å². The number of hydrogen-bond donors (Lipinski definition) is 1. The van der Waals surface area contributed by atoms with Crippen LogP contribution in [-0.4, -0.2) is 17.5 Å². The van der Waals surface area contributed by atoms with Crippen molar-refractivity contribution in [3.05, 3.63) is 35.6 Å². The van der Waals surface area contributed by atoms with Crippen LogP contribution in [0.5, 0.6) is 0 Å². The predicted octanol–water partition coefficient (Wildman–Crippen LogP) is 3.76. The van der Waals surface area contributed by atoms with E-state index in [1.807, 2.05) is 12.1 Å². The molecule has 0 aliphatic carbocycles. The van der Waals surface area contributed by atoms with Gasteiger partial charge in [0.25, 0.3) is 0 Å². The van der Waals surface area contributed by atoms with Crippen LogP contribution in [0.3, 0.4) is 0 Å². The van der Waals surface area contributed by atoms with Gasteiger partial charge in [0.2, 0.25) is 0 Å². The van der Waals surface area contributed by atoms with Crippen molar-refractivity contribution in [2.75, 3.05) is 6.54 Å². The predicted molar refractivity (Wildman–Crippen MR) is 86.9 cm³/mol. The smallest absolute Gasteiger partial charge is 0.134 e. The molecule has 2 N–H and O–H groups in total. The molecule has 0 spiro atoms. The molecule has 3 heteroatoms. The highest BCUT2D eigenvalue weighted by molar-refractivity contribution is 5.82. The van der Waals surface area contributed by atoms with Crippen LogP contribution in [0.15, 0.2) is 28.7 Å². The lowest BCUT2D eigenvalue weighted by molar-refractivity contribution is 0.0728. The Kier molecular flexibility index (Phi) is 4.05. The molecule has 1 aliphatic heterocycles. The lowest BCUT2D eigenvalue weighted by atomic mass is 9.85. The van der Waals surface area contributed by atoms with Crippen molar-refractivity contribution in [1.29, 1.82) is 0 Å². The zero-order chi connectivity index (χ0) is 15.0. The first-order valence-electron chi connectivity index (χ1n) is 8.03. The summed E-state index contributed by atoms with van der Waals surface area (Å²) in [5.74, 6) is 2.44. The molecule has 3 rings (SSSR count). The van der Waals surface area contributed by atoms with E-state index in [0.717, 1.165) is 36.3 Å². The lowest BCUT2D eigenvalue weighted by Crippen LogP contribution is -2.45. The Morgan fingerprint density at radius 3 is 2.76 bits per heavy atom. The van der Waals surface area contributed by atoms with Crippen LogP contribution in [-0.2, 0) is 13.1 Å². The number of likely N-dealkylation sites (tertiary alicyclic amines) is 1. The number of nitrogens with zero attached hydrogens (tertiary/aromatic N) is 1. The van der Waals surface area contributed by atoms with Gasteiger partial charge in [-0.1, -0.05) is 32.0 Å². The second-order valence-corrected chi connectivity index (χ2v) is 6.69. The van der Waals surface area contributed by atoms with E-state index < -0.39 is 0 Å². The SMILES string of the molecule is CC1CC(C)C(C)N(Cc2c(CN)oc3ccccc23)C1. The molecule has 3 unspecified atom stereocenters. The van der Waals surface area contributed by atoms with Crippen LogP contribution in [0.2, 0.25) is 0 Å². The fourth-order valence-electron chi connectivity index (χ4n) is 3.73. The quantitative estimate of drug-likeness (QED) is 0.934. The molecule has 0 amide bonds. The largest absolute Gasteiger partial charge is 0.459 e. The highest BCUT2D eigenvalue weighted by Crippen LogP contribution is 2.32. The molecule has 1 saturated heterocycles. The first-order valence-corrected chi connectivity index (χ1v) is 8.03. The van der Waals surface area contributed by atoms with Gasteiger partial charge in [0.05, 0.1) is 6.54 Å². The van der Waals surface area contributed by atoms with Gasteiger partial charge in [0.1, 0.15) is 11.3 Å². The zero-order valence-electron chi connectivity index (χ0n) is 13.3. The standard InChI is InChI=1S/C18H26N2O/c1-12-8-13(2)14(3)20(10-12)11-16-15-6-4-5-7-17(15)21-18(16)9-19/h4-7,12-14H,8-11,19H2,1-3H3. The molecule has 1 aromatic heterocycles. The van der Waals surface area contributed by atoms with Crippen LogP contribution in [0.25, 0.3) is 11.0 Å². The van der Waals surface area contributed by atoms with Crippen molar-refractivity contribution in [1.82, 2.24) is 4.90 Å². The second kappa shape index (κ2) is 5.82. The Balaban J connectivity index is 1.93. The average molecular weight is 286 g/mol. The monoisotopic (exact) mass is 286 g/mol. The summed E-state index contributed by atoms with van der Waals surface area (Å²) in [6.45, 7) is 9.64. The second-order valence-electron chi connectivity index (χ2n) is 6.69. The average Bonchev–Trinajstić information content (AvgIpc) is 2.82. The molecule has 21 heavy (non-hydrogen) atoms. The first-order chi connectivity index (χ1) is 10.1. The zero-order valence-corrected chi connectivity index (χ0v) is 13.3. The molecule has 114 valence electrons. The maximum atomic E-state index is 5.93. The van der Waals surface area contributed by atoms with E-state index >= 15 is 0 Å². The van der Waals surface area contributed by atoms with E-state index in [2.05, 4.69) is 37.8 Å². The summed E-state index contributed by atoms with van der Waals surface area (Å²) in [6, 6.07) is 8.88. The fourth-order valence-corrected chi connectivity index (χ4v) is 3.73. The van der Waals surface area contributed by atoms with Gasteiger partial charge in [-0.15, -0.1) is 0 Å². The molecule has 2 aromatic rings. The first kappa shape index (κ1) is 14.6. The lowest BCUT2D eigenvalue weighted by Gasteiger charge is -2.41. The number of piperidine rings is 1. The highest BCUT2D eigenvalue weighted by Gasteiger charge is 2.29. The van der Waals surface area contributed by atoms with Crippen molar-refractivity contribution < 1.29 is 4.42 Å². The van der Waals surface area contributed by atoms with Crippen LogP contribution in [0.4, 0.5) is 0 Å². The summed E-state index contributed by atoms with van der Waals surface area (Å²) < 4.78 is 5.93. The van der Waals surface area contributed by atoms with E-state index in [1.54, 1.807) is 0 Å². The minimum absolute atomic E-state index is 0.470. The summed E-state index contributed by atoms with van der Waals surface area (Å²) in [7, 11) is 0. The van der Waals surface area contributed by atoms with Crippen LogP contribution in [0.1, 0.15) is 38.5 Å². The van der Waals surface area contributed by atoms with E-state index in [1.165, 1.54) is 17.4 Å². The molecule has 0 bridgehead atoms. The molecule has 3 atom stereocenters. The van der Waals surface area contributed by atoms with Crippen LogP contribution in [0, 0.1) is 11.8 Å². The van der Waals surface area contributed by atoms with Crippen LogP contribution >= 0.6 is 0 Å². The summed E-state index contributed by atoms with van der Waals surface area (Å²) >= 11 is 0. The topological polar surface area (TPSA) is 42.4 Å². The molecular weight excluding hydrogens is 260 g/mol. The third-order valence-corrected chi connectivity index (χ3v) is 5.05. The van der Waals surface area contributed by atoms with E-state index in [9.17, 15) is 0 Å². The number of para-hydroxylation sites is 1. The number of fused-ring (bicyclic) bond motifs is 1.